The van der Waals surface area contributed by atoms with Gasteiger partial charge in [0.05, 0.1) is 24.6 Å². The Morgan fingerprint density at radius 1 is 1.06 bits per heavy atom. The number of rotatable bonds is 2. The van der Waals surface area contributed by atoms with E-state index in [-0.39, 0.29) is 29.7 Å². The highest BCUT2D eigenvalue weighted by atomic mass is 19.2. The summed E-state index contributed by atoms with van der Waals surface area (Å²) in [5, 5.41) is 0.676. The van der Waals surface area contributed by atoms with Crippen LogP contribution < -0.4 is 5.56 Å². The molecule has 0 fully saturated rings. The third-order valence-corrected chi connectivity index (χ3v) is 5.67. The summed E-state index contributed by atoms with van der Waals surface area (Å²) in [6.07, 6.45) is 0. The number of fused-ring (bicyclic) bond motifs is 4. The van der Waals surface area contributed by atoms with E-state index in [1.807, 2.05) is 0 Å². The van der Waals surface area contributed by atoms with Gasteiger partial charge >= 0.3 is 0 Å². The molecule has 5 rings (SSSR count). The second kappa shape index (κ2) is 6.98. The van der Waals surface area contributed by atoms with E-state index in [1.165, 1.54) is 29.2 Å². The van der Waals surface area contributed by atoms with Crippen molar-refractivity contribution in [1.29, 1.82) is 0 Å². The van der Waals surface area contributed by atoms with Crippen LogP contribution in [0.15, 0.2) is 41.2 Å². The van der Waals surface area contributed by atoms with Gasteiger partial charge in [-0.2, -0.15) is 0 Å². The number of hydrogen-bond donors (Lipinski definition) is 2. The van der Waals surface area contributed by atoms with Crippen LogP contribution in [0.25, 0.3) is 21.7 Å². The number of likely N-dealkylation sites (N-methyl/N-ethyl adjacent to an activating group) is 1. The lowest BCUT2D eigenvalue weighted by Gasteiger charge is -2.33. The van der Waals surface area contributed by atoms with Gasteiger partial charge in [0.15, 0.2) is 11.6 Å². The number of nitrogens with zero attached hydrogens (tertiary/aromatic N) is 1. The van der Waals surface area contributed by atoms with Crippen LogP contribution in [0.2, 0.25) is 0 Å². The Morgan fingerprint density at radius 3 is 2.68 bits per heavy atom. The molecule has 158 valence electrons. The van der Waals surface area contributed by atoms with Crippen LogP contribution in [0.5, 0.6) is 0 Å². The smallest absolute Gasteiger partial charge is 0.270 e. The Labute approximate surface area is 173 Å². The molecule has 3 heterocycles. The number of pyridine rings is 1. The maximum Gasteiger partial charge on any atom is 0.270 e. The van der Waals surface area contributed by atoms with E-state index in [2.05, 4.69) is 9.97 Å². The molecule has 0 aliphatic carbocycles. The fourth-order valence-corrected chi connectivity index (χ4v) is 4.12. The number of aromatic amines is 2. The van der Waals surface area contributed by atoms with Crippen molar-refractivity contribution in [3.63, 3.8) is 0 Å². The molecule has 0 unspecified atom stereocenters. The summed E-state index contributed by atoms with van der Waals surface area (Å²) < 4.78 is 46.9. The molecule has 1 atom stereocenters. The lowest BCUT2D eigenvalue weighted by Crippen LogP contribution is -2.37. The lowest BCUT2D eigenvalue weighted by molar-refractivity contribution is 0.0333. The highest BCUT2D eigenvalue weighted by molar-refractivity contribution is 5.98. The van der Waals surface area contributed by atoms with Crippen LogP contribution in [0.1, 0.15) is 27.8 Å². The maximum atomic E-state index is 14.1. The number of amides is 1. The van der Waals surface area contributed by atoms with E-state index in [1.54, 1.807) is 7.05 Å². The highest BCUT2D eigenvalue weighted by Gasteiger charge is 2.31. The first kappa shape index (κ1) is 19.4. The molecule has 0 bridgehead atoms. The van der Waals surface area contributed by atoms with E-state index >= 15 is 0 Å². The van der Waals surface area contributed by atoms with Gasteiger partial charge < -0.3 is 19.6 Å². The van der Waals surface area contributed by atoms with Gasteiger partial charge in [0.2, 0.25) is 0 Å². The molecule has 4 aromatic rings. The quantitative estimate of drug-likeness (QED) is 0.511. The largest absolute Gasteiger partial charge is 0.373 e. The van der Waals surface area contributed by atoms with Crippen molar-refractivity contribution in [2.24, 2.45) is 0 Å². The average Bonchev–Trinajstić information content (AvgIpc) is 3.20. The molecule has 2 aromatic carbocycles. The number of carbonyl (C=O) groups is 1. The van der Waals surface area contributed by atoms with E-state index in [9.17, 15) is 22.8 Å². The second-order valence-electron chi connectivity index (χ2n) is 7.49. The molecule has 0 saturated heterocycles. The third-order valence-electron chi connectivity index (χ3n) is 5.67. The Kier molecular flexibility index (Phi) is 4.37. The van der Waals surface area contributed by atoms with Gasteiger partial charge in [0.1, 0.15) is 11.5 Å². The van der Waals surface area contributed by atoms with Gasteiger partial charge in [-0.1, -0.05) is 6.07 Å². The molecule has 2 N–H and O–H groups in total. The Hall–Kier alpha value is -3.59. The maximum absolute atomic E-state index is 14.1. The summed E-state index contributed by atoms with van der Waals surface area (Å²) in [6, 6.07) is 6.93. The number of halogens is 3. The van der Waals surface area contributed by atoms with Crippen molar-refractivity contribution in [3.8, 4) is 0 Å². The van der Waals surface area contributed by atoms with E-state index in [0.717, 1.165) is 12.1 Å². The fraction of sp³-hybridized carbons (Fsp3) is 0.182. The van der Waals surface area contributed by atoms with Gasteiger partial charge in [-0.05, 0) is 35.7 Å². The van der Waals surface area contributed by atoms with Crippen molar-refractivity contribution >= 4 is 27.6 Å². The van der Waals surface area contributed by atoms with Crippen molar-refractivity contribution in [2.75, 3.05) is 13.7 Å². The Bertz CT molecular complexity index is 1430. The van der Waals surface area contributed by atoms with Crippen LogP contribution >= 0.6 is 0 Å². The first-order valence-corrected chi connectivity index (χ1v) is 9.51. The zero-order valence-electron chi connectivity index (χ0n) is 16.3. The minimum atomic E-state index is -1.03. The molecule has 0 spiro atoms. The third kappa shape index (κ3) is 3.00. The molecule has 9 heteroatoms. The topological polar surface area (TPSA) is 78.2 Å². The van der Waals surface area contributed by atoms with E-state index < -0.39 is 35.0 Å². The van der Waals surface area contributed by atoms with Crippen LogP contribution in [0.3, 0.4) is 0 Å². The normalized spacial score (nSPS) is 15.9. The number of H-pyrrole nitrogens is 2. The molecule has 2 aromatic heterocycles. The Balaban J connectivity index is 1.60. The molecule has 1 aliphatic rings. The molecule has 1 aliphatic heterocycles. The molecule has 0 radical (unpaired) electrons. The zero-order valence-corrected chi connectivity index (χ0v) is 16.3. The molecular formula is C22H16F3N3O3. The van der Waals surface area contributed by atoms with Crippen molar-refractivity contribution in [3.05, 3.63) is 81.2 Å². The summed E-state index contributed by atoms with van der Waals surface area (Å²) in [5.41, 5.74) is 1.09. The van der Waals surface area contributed by atoms with Crippen LogP contribution in [0, 0.1) is 17.5 Å². The van der Waals surface area contributed by atoms with Crippen LogP contribution in [-0.4, -0.2) is 34.4 Å². The minimum Gasteiger partial charge on any atom is -0.373 e. The van der Waals surface area contributed by atoms with Crippen molar-refractivity contribution in [2.45, 2.75) is 12.6 Å². The standard InChI is InChI=1S/C22H16F3N3O3/c1-28(22(30)16-7-13-15(26-16)5-4-14(24)20(13)25)18-9-31-8-17-19(18)11-3-2-10(23)6-12(11)21(29)27-17/h2-7,18,26H,8-9H2,1H3,(H,27,29)/t18-/m0/s1. The molecule has 0 saturated carbocycles. The van der Waals surface area contributed by atoms with Gasteiger partial charge in [-0.25, -0.2) is 13.2 Å². The average molecular weight is 427 g/mol. The molecular weight excluding hydrogens is 411 g/mol. The number of nitrogens with one attached hydrogen (secondary N) is 2. The molecule has 1 amide bonds. The minimum absolute atomic E-state index is 0.0256. The number of hydrogen-bond acceptors (Lipinski definition) is 3. The van der Waals surface area contributed by atoms with Crippen LogP contribution in [-0.2, 0) is 11.3 Å². The summed E-state index contributed by atoms with van der Waals surface area (Å²) in [6.45, 7) is 0.296. The van der Waals surface area contributed by atoms with Crippen LogP contribution in [0.4, 0.5) is 13.2 Å². The van der Waals surface area contributed by atoms with E-state index in [0.29, 0.717) is 22.2 Å². The predicted octanol–water partition coefficient (Wildman–Crippen LogP) is 3.77. The lowest BCUT2D eigenvalue weighted by atomic mass is 9.95. The monoisotopic (exact) mass is 427 g/mol. The summed E-state index contributed by atoms with van der Waals surface area (Å²) in [7, 11) is 1.55. The number of aromatic nitrogens is 2. The van der Waals surface area contributed by atoms with Gasteiger partial charge in [-0.15, -0.1) is 0 Å². The molecule has 6 nitrogen and oxygen atoms in total. The van der Waals surface area contributed by atoms with Gasteiger partial charge in [0.25, 0.3) is 11.5 Å². The Morgan fingerprint density at radius 2 is 1.87 bits per heavy atom. The van der Waals surface area contributed by atoms with Crippen molar-refractivity contribution < 1.29 is 22.7 Å². The molecule has 31 heavy (non-hydrogen) atoms. The summed E-state index contributed by atoms with van der Waals surface area (Å²) in [5.74, 6) is -3.05. The highest BCUT2D eigenvalue weighted by Crippen LogP contribution is 2.34. The SMILES string of the molecule is CN(C(=O)c1cc2c(F)c(F)ccc2[nH]1)[C@H]1COCc2[nH]c(=O)c3cc(F)ccc3c21. The second-order valence-corrected chi connectivity index (χ2v) is 7.49. The summed E-state index contributed by atoms with van der Waals surface area (Å²) in [4.78, 5) is 32.5. The first-order valence-electron chi connectivity index (χ1n) is 9.51. The van der Waals surface area contributed by atoms with Gasteiger partial charge in [0, 0.05) is 29.2 Å². The van der Waals surface area contributed by atoms with Crippen molar-refractivity contribution in [1.82, 2.24) is 14.9 Å². The number of ether oxygens (including phenoxy) is 1. The van der Waals surface area contributed by atoms with Gasteiger partial charge in [-0.3, -0.25) is 9.59 Å². The first-order chi connectivity index (χ1) is 14.8. The predicted molar refractivity (Wildman–Crippen MR) is 107 cm³/mol. The number of carbonyl (C=O) groups excluding carboxylic acids is 1. The van der Waals surface area contributed by atoms with E-state index in [4.69, 9.17) is 4.74 Å². The zero-order chi connectivity index (χ0) is 21.9. The fourth-order valence-electron chi connectivity index (χ4n) is 4.12. The number of benzene rings is 2. The summed E-state index contributed by atoms with van der Waals surface area (Å²) >= 11 is 0.